The van der Waals surface area contributed by atoms with Gasteiger partial charge < -0.3 is 33.9 Å². The van der Waals surface area contributed by atoms with E-state index in [1.165, 1.54) is 0 Å². The Balaban J connectivity index is 4.71. The van der Waals surface area contributed by atoms with Crippen molar-refractivity contribution in [2.24, 2.45) is 0 Å². The molecule has 2 N–H and O–H groups in total. The zero-order valence-corrected chi connectivity index (χ0v) is 11.8. The molecule has 0 fully saturated rings. The minimum absolute atomic E-state index is 0.250. The molecule has 0 aliphatic carbocycles. The normalized spacial score (nSPS) is 16.7. The summed E-state index contributed by atoms with van der Waals surface area (Å²) in [5.74, 6) is 0. The number of ether oxygens (including phenoxy) is 5. The first-order valence-corrected chi connectivity index (χ1v) is 6.16. The molecule has 0 bridgehead atoms. The molecule has 0 amide bonds. The maximum absolute atomic E-state index is 12.9. The molecule has 0 aromatic heterocycles. The smallest absolute Gasteiger partial charge is 0.376 e. The summed E-state index contributed by atoms with van der Waals surface area (Å²) >= 11 is 0. The summed E-state index contributed by atoms with van der Waals surface area (Å²) in [7, 11) is 1.13. The molecular weight excluding hydrogens is 301 g/mol. The van der Waals surface area contributed by atoms with Gasteiger partial charge in [-0.05, 0) is 6.92 Å². The van der Waals surface area contributed by atoms with E-state index in [1.807, 2.05) is 0 Å². The average molecular weight is 322 g/mol. The maximum Gasteiger partial charge on any atom is 0.414 e. The highest BCUT2D eigenvalue weighted by atomic mass is 19.4. The Hall–Kier alpha value is -0.490. The van der Waals surface area contributed by atoms with Gasteiger partial charge >= 0.3 is 6.18 Å². The van der Waals surface area contributed by atoms with Gasteiger partial charge in [0.25, 0.3) is 0 Å². The highest BCUT2D eigenvalue weighted by Gasteiger charge is 2.44. The molecule has 3 unspecified atom stereocenters. The fourth-order valence-electron chi connectivity index (χ4n) is 1.36. The Morgan fingerprint density at radius 1 is 1.05 bits per heavy atom. The predicted molar refractivity (Wildman–Crippen MR) is 63.0 cm³/mol. The Morgan fingerprint density at radius 2 is 1.62 bits per heavy atom. The summed E-state index contributed by atoms with van der Waals surface area (Å²) < 4.78 is 62.3. The molecule has 0 heterocycles. The third-order valence-electron chi connectivity index (χ3n) is 2.33. The van der Waals surface area contributed by atoms with Crippen LogP contribution in [0.5, 0.6) is 0 Å². The topological polar surface area (TPSA) is 86.6 Å². The molecule has 0 saturated heterocycles. The Morgan fingerprint density at radius 3 is 2.05 bits per heavy atom. The summed E-state index contributed by atoms with van der Waals surface area (Å²) in [6, 6.07) is 0. The fourth-order valence-corrected chi connectivity index (χ4v) is 1.36. The Bertz CT molecular complexity index is 252. The lowest BCUT2D eigenvalue weighted by Gasteiger charge is -2.28. The van der Waals surface area contributed by atoms with Crippen LogP contribution in [0.2, 0.25) is 0 Å². The highest BCUT2D eigenvalue weighted by Crippen LogP contribution is 2.28. The highest BCUT2D eigenvalue weighted by molar-refractivity contribution is 4.70. The minimum atomic E-state index is -4.71. The number of aliphatic hydroxyl groups is 2. The summed E-state index contributed by atoms with van der Waals surface area (Å²) in [5, 5.41) is 17.2. The third-order valence-corrected chi connectivity index (χ3v) is 2.33. The van der Waals surface area contributed by atoms with Crippen molar-refractivity contribution >= 4 is 0 Å². The van der Waals surface area contributed by atoms with Gasteiger partial charge in [0.05, 0.1) is 6.61 Å². The second kappa shape index (κ2) is 11.1. The molecular formula is C11H21F3O7. The molecule has 7 nitrogen and oxygen atoms in total. The molecule has 0 aromatic carbocycles. The molecule has 0 aromatic rings. The van der Waals surface area contributed by atoms with E-state index in [9.17, 15) is 13.2 Å². The molecule has 0 saturated carbocycles. The van der Waals surface area contributed by atoms with Gasteiger partial charge in [0.2, 0.25) is 0 Å². The Kier molecular flexibility index (Phi) is 10.9. The van der Waals surface area contributed by atoms with Crippen LogP contribution in [0.1, 0.15) is 13.3 Å². The fraction of sp³-hybridized carbons (Fsp3) is 1.00. The molecule has 0 aliphatic rings. The van der Waals surface area contributed by atoms with E-state index in [0.29, 0.717) is 0 Å². The standard InChI is InChI=1S/C11H21F3O7/c1-3-18-5-10(20-7-16)21-8(11(12,13)14)4-9(17-2)19-6-15/h8-10,15-16H,3-7H2,1-2H3. The first-order chi connectivity index (χ1) is 9.88. The van der Waals surface area contributed by atoms with Gasteiger partial charge in [0.1, 0.15) is 13.6 Å². The van der Waals surface area contributed by atoms with Gasteiger partial charge in [0, 0.05) is 20.1 Å². The van der Waals surface area contributed by atoms with Crippen LogP contribution in [0.4, 0.5) is 13.2 Å². The van der Waals surface area contributed by atoms with E-state index in [2.05, 4.69) is 14.2 Å². The van der Waals surface area contributed by atoms with Gasteiger partial charge in [-0.15, -0.1) is 0 Å². The van der Waals surface area contributed by atoms with Crippen molar-refractivity contribution in [2.75, 3.05) is 33.9 Å². The molecule has 0 rings (SSSR count). The van der Waals surface area contributed by atoms with E-state index in [-0.39, 0.29) is 13.2 Å². The number of alkyl halides is 3. The zero-order chi connectivity index (χ0) is 16.3. The van der Waals surface area contributed by atoms with Crippen LogP contribution < -0.4 is 0 Å². The number of rotatable bonds is 12. The molecule has 21 heavy (non-hydrogen) atoms. The van der Waals surface area contributed by atoms with Crippen molar-refractivity contribution in [1.82, 2.24) is 0 Å². The SMILES string of the molecule is CCOCC(OCO)OC(CC(OC)OCO)C(F)(F)F. The first-order valence-electron chi connectivity index (χ1n) is 6.16. The van der Waals surface area contributed by atoms with Crippen LogP contribution in [-0.4, -0.2) is 69.0 Å². The summed E-state index contributed by atoms with van der Waals surface area (Å²) in [4.78, 5) is 0. The second-order valence-electron chi connectivity index (χ2n) is 3.75. The van der Waals surface area contributed by atoms with Gasteiger partial charge in [-0.25, -0.2) is 0 Å². The molecule has 0 radical (unpaired) electrons. The Labute approximate surface area is 120 Å². The van der Waals surface area contributed by atoms with Crippen LogP contribution in [0.15, 0.2) is 0 Å². The van der Waals surface area contributed by atoms with Crippen LogP contribution in [0.3, 0.4) is 0 Å². The quantitative estimate of drug-likeness (QED) is 0.509. The number of aliphatic hydroxyl groups excluding tert-OH is 2. The minimum Gasteiger partial charge on any atom is -0.376 e. The second-order valence-corrected chi connectivity index (χ2v) is 3.75. The molecule has 128 valence electrons. The maximum atomic E-state index is 12.9. The molecule has 0 aliphatic heterocycles. The predicted octanol–water partition coefficient (Wildman–Crippen LogP) is 0.592. The van der Waals surface area contributed by atoms with E-state index in [4.69, 9.17) is 19.7 Å². The summed E-state index contributed by atoms with van der Waals surface area (Å²) in [6.07, 6.45) is -10.4. The van der Waals surface area contributed by atoms with Crippen molar-refractivity contribution in [3.63, 3.8) is 0 Å². The van der Waals surface area contributed by atoms with Gasteiger partial charge in [-0.2, -0.15) is 13.2 Å². The zero-order valence-electron chi connectivity index (χ0n) is 11.8. The lowest BCUT2D eigenvalue weighted by molar-refractivity contribution is -0.305. The van der Waals surface area contributed by atoms with Crippen molar-refractivity contribution in [3.8, 4) is 0 Å². The van der Waals surface area contributed by atoms with Crippen LogP contribution >= 0.6 is 0 Å². The lowest BCUT2D eigenvalue weighted by atomic mass is 10.2. The summed E-state index contributed by atoms with van der Waals surface area (Å²) in [5.41, 5.74) is 0. The number of hydrogen-bond donors (Lipinski definition) is 2. The van der Waals surface area contributed by atoms with Crippen molar-refractivity contribution in [1.29, 1.82) is 0 Å². The van der Waals surface area contributed by atoms with Gasteiger partial charge in [-0.3, -0.25) is 0 Å². The average Bonchev–Trinajstić information content (AvgIpc) is 2.42. The van der Waals surface area contributed by atoms with E-state index < -0.39 is 44.9 Å². The van der Waals surface area contributed by atoms with Crippen molar-refractivity contribution in [2.45, 2.75) is 38.2 Å². The monoisotopic (exact) mass is 322 g/mol. The van der Waals surface area contributed by atoms with E-state index in [1.54, 1.807) is 6.92 Å². The van der Waals surface area contributed by atoms with E-state index in [0.717, 1.165) is 7.11 Å². The van der Waals surface area contributed by atoms with Crippen LogP contribution in [0, 0.1) is 0 Å². The van der Waals surface area contributed by atoms with Crippen LogP contribution in [0.25, 0.3) is 0 Å². The summed E-state index contributed by atoms with van der Waals surface area (Å²) in [6.45, 7) is 0.0108. The van der Waals surface area contributed by atoms with Crippen LogP contribution in [-0.2, 0) is 23.7 Å². The molecule has 0 spiro atoms. The first kappa shape index (κ1) is 20.5. The largest absolute Gasteiger partial charge is 0.414 e. The van der Waals surface area contributed by atoms with Gasteiger partial charge in [0.15, 0.2) is 18.7 Å². The van der Waals surface area contributed by atoms with Gasteiger partial charge in [-0.1, -0.05) is 0 Å². The lowest BCUT2D eigenvalue weighted by Crippen LogP contribution is -2.41. The van der Waals surface area contributed by atoms with Crippen molar-refractivity contribution in [3.05, 3.63) is 0 Å². The number of methoxy groups -OCH3 is 1. The molecule has 3 atom stereocenters. The number of halogens is 3. The van der Waals surface area contributed by atoms with E-state index >= 15 is 0 Å². The van der Waals surface area contributed by atoms with Crippen molar-refractivity contribution < 1.29 is 47.1 Å². The third kappa shape index (κ3) is 9.19. The molecule has 10 heteroatoms. The number of hydrogen-bond acceptors (Lipinski definition) is 7.